The molecule has 4 aliphatic rings. The molecule has 4 fully saturated rings. The first-order chi connectivity index (χ1) is 10.6. The maximum atomic E-state index is 2.54. The minimum absolute atomic E-state index is 0.932. The molecule has 0 spiro atoms. The van der Waals surface area contributed by atoms with Crippen molar-refractivity contribution < 1.29 is 0 Å². The first-order valence-corrected chi connectivity index (χ1v) is 10.6. The van der Waals surface area contributed by atoms with Gasteiger partial charge in [-0.2, -0.15) is 0 Å². The van der Waals surface area contributed by atoms with E-state index in [0.717, 1.165) is 59.2 Å². The molecule has 0 heterocycles. The zero-order valence-electron chi connectivity index (χ0n) is 15.4. The third kappa shape index (κ3) is 2.48. The van der Waals surface area contributed by atoms with Gasteiger partial charge in [-0.25, -0.2) is 0 Å². The van der Waals surface area contributed by atoms with Crippen molar-refractivity contribution in [3.8, 4) is 0 Å². The summed E-state index contributed by atoms with van der Waals surface area (Å²) < 4.78 is 0. The van der Waals surface area contributed by atoms with Crippen molar-refractivity contribution in [1.82, 2.24) is 0 Å². The normalized spacial score (nSPS) is 54.1. The molecule has 7 atom stereocenters. The van der Waals surface area contributed by atoms with E-state index in [1.807, 2.05) is 0 Å². The topological polar surface area (TPSA) is 0 Å². The fraction of sp³-hybridized carbons (Fsp3) is 1.00. The van der Waals surface area contributed by atoms with Crippen LogP contribution in [0.25, 0.3) is 0 Å². The van der Waals surface area contributed by atoms with Crippen LogP contribution >= 0.6 is 0 Å². The van der Waals surface area contributed by atoms with Crippen LogP contribution < -0.4 is 0 Å². The maximum Gasteiger partial charge on any atom is -0.0352 e. The van der Waals surface area contributed by atoms with Gasteiger partial charge >= 0.3 is 0 Å². The van der Waals surface area contributed by atoms with Crippen LogP contribution in [0.3, 0.4) is 0 Å². The van der Waals surface area contributed by atoms with Gasteiger partial charge in [0.05, 0.1) is 0 Å². The molecule has 0 aromatic rings. The van der Waals surface area contributed by atoms with Gasteiger partial charge in [0.1, 0.15) is 0 Å². The van der Waals surface area contributed by atoms with Gasteiger partial charge < -0.3 is 0 Å². The second-order valence-corrected chi connectivity index (χ2v) is 10.2. The molecule has 0 bridgehead atoms. The maximum absolute atomic E-state index is 2.54. The van der Waals surface area contributed by atoms with Crippen LogP contribution in [0.15, 0.2) is 0 Å². The molecule has 22 heavy (non-hydrogen) atoms. The molecule has 0 aromatic carbocycles. The molecule has 0 radical (unpaired) electrons. The minimum Gasteiger partial charge on any atom is -0.0651 e. The summed E-state index contributed by atoms with van der Waals surface area (Å²) in [5, 5.41) is 0. The Morgan fingerprint density at radius 1 is 0.727 bits per heavy atom. The fourth-order valence-corrected chi connectivity index (χ4v) is 7.80. The Labute approximate surface area is 138 Å². The summed E-state index contributed by atoms with van der Waals surface area (Å²) in [4.78, 5) is 0. The zero-order chi connectivity index (χ0) is 15.4. The van der Waals surface area contributed by atoms with E-state index >= 15 is 0 Å². The molecule has 4 rings (SSSR count). The summed E-state index contributed by atoms with van der Waals surface area (Å²) in [6.45, 7) is 9.89. The predicted molar refractivity (Wildman–Crippen MR) is 94.5 cm³/mol. The van der Waals surface area contributed by atoms with Gasteiger partial charge in [0.15, 0.2) is 0 Å². The first kappa shape index (κ1) is 15.5. The Kier molecular flexibility index (Phi) is 4.10. The third-order valence-corrected chi connectivity index (χ3v) is 8.91. The average Bonchev–Trinajstić information content (AvgIpc) is 3.14. The Morgan fingerprint density at radius 3 is 1.86 bits per heavy atom. The van der Waals surface area contributed by atoms with Crippen molar-refractivity contribution in [2.45, 2.75) is 79.1 Å². The Hall–Kier alpha value is 0. The molecule has 126 valence electrons. The van der Waals surface area contributed by atoms with E-state index in [4.69, 9.17) is 0 Å². The smallest absolute Gasteiger partial charge is 0.0352 e. The SMILES string of the molecule is CCC1C(C)CC2CC(C3CC4CC(C(C)C)CC4C3)CC21. The Morgan fingerprint density at radius 2 is 1.27 bits per heavy atom. The molecular weight excluding hydrogens is 264 g/mol. The summed E-state index contributed by atoms with van der Waals surface area (Å²) in [6, 6.07) is 0. The van der Waals surface area contributed by atoms with Gasteiger partial charge in [0.2, 0.25) is 0 Å². The van der Waals surface area contributed by atoms with E-state index in [0.29, 0.717) is 0 Å². The van der Waals surface area contributed by atoms with Gasteiger partial charge in [0, 0.05) is 0 Å². The minimum atomic E-state index is 0.932. The van der Waals surface area contributed by atoms with E-state index in [-0.39, 0.29) is 0 Å². The van der Waals surface area contributed by atoms with Gasteiger partial charge in [-0.3, -0.25) is 0 Å². The first-order valence-electron chi connectivity index (χ1n) is 10.6. The lowest BCUT2D eigenvalue weighted by Crippen LogP contribution is -2.16. The van der Waals surface area contributed by atoms with Crippen LogP contribution in [0.2, 0.25) is 0 Å². The number of hydrogen-bond acceptors (Lipinski definition) is 0. The highest BCUT2D eigenvalue weighted by molar-refractivity contribution is 5.00. The lowest BCUT2D eigenvalue weighted by Gasteiger charge is -2.25. The lowest BCUT2D eigenvalue weighted by atomic mass is 9.80. The van der Waals surface area contributed by atoms with Crippen LogP contribution in [0.1, 0.15) is 79.1 Å². The van der Waals surface area contributed by atoms with Gasteiger partial charge in [-0.05, 0) is 104 Å². The molecule has 7 unspecified atom stereocenters. The number of rotatable bonds is 3. The van der Waals surface area contributed by atoms with Crippen LogP contribution in [-0.4, -0.2) is 0 Å². The van der Waals surface area contributed by atoms with Crippen LogP contribution in [0.5, 0.6) is 0 Å². The zero-order valence-corrected chi connectivity index (χ0v) is 15.4. The summed E-state index contributed by atoms with van der Waals surface area (Å²) in [5.41, 5.74) is 0. The van der Waals surface area contributed by atoms with Crippen molar-refractivity contribution in [3.05, 3.63) is 0 Å². The highest BCUT2D eigenvalue weighted by atomic mass is 14.6. The third-order valence-electron chi connectivity index (χ3n) is 8.91. The molecule has 0 aliphatic heterocycles. The summed E-state index contributed by atoms with van der Waals surface area (Å²) in [5.74, 6) is 10.8. The summed E-state index contributed by atoms with van der Waals surface area (Å²) in [7, 11) is 0. The Balaban J connectivity index is 1.35. The average molecular weight is 303 g/mol. The molecule has 4 aliphatic carbocycles. The van der Waals surface area contributed by atoms with Crippen molar-refractivity contribution in [2.75, 3.05) is 0 Å². The van der Waals surface area contributed by atoms with Gasteiger partial charge in [0.25, 0.3) is 0 Å². The monoisotopic (exact) mass is 302 g/mol. The van der Waals surface area contributed by atoms with Crippen molar-refractivity contribution in [1.29, 1.82) is 0 Å². The van der Waals surface area contributed by atoms with Gasteiger partial charge in [-0.15, -0.1) is 0 Å². The van der Waals surface area contributed by atoms with Crippen molar-refractivity contribution in [3.63, 3.8) is 0 Å². The number of fused-ring (bicyclic) bond motifs is 2. The Bertz CT molecular complexity index is 383. The standard InChI is InChI=1S/C22H38/c1-5-21-14(4)6-20-11-19(12-22(20)21)18-9-16-7-15(13(2)3)8-17(16)10-18/h13-22H,5-12H2,1-4H3. The van der Waals surface area contributed by atoms with Crippen LogP contribution in [0.4, 0.5) is 0 Å². The molecule has 4 saturated carbocycles. The summed E-state index contributed by atoms with van der Waals surface area (Å²) >= 11 is 0. The highest BCUT2D eigenvalue weighted by Gasteiger charge is 2.50. The second kappa shape index (κ2) is 5.82. The van der Waals surface area contributed by atoms with E-state index in [1.165, 1.54) is 6.42 Å². The quantitative estimate of drug-likeness (QED) is 0.565. The molecule has 0 nitrogen and oxygen atoms in total. The van der Waals surface area contributed by atoms with Gasteiger partial charge in [-0.1, -0.05) is 34.1 Å². The van der Waals surface area contributed by atoms with Crippen LogP contribution in [0, 0.1) is 59.2 Å². The van der Waals surface area contributed by atoms with E-state index in [2.05, 4.69) is 27.7 Å². The predicted octanol–water partition coefficient (Wildman–Crippen LogP) is 6.40. The van der Waals surface area contributed by atoms with Crippen molar-refractivity contribution in [2.24, 2.45) is 59.2 Å². The molecule has 0 heteroatoms. The lowest BCUT2D eigenvalue weighted by molar-refractivity contribution is 0.250. The number of hydrogen-bond donors (Lipinski definition) is 0. The highest BCUT2D eigenvalue weighted by Crippen LogP contribution is 2.60. The molecule has 0 N–H and O–H groups in total. The van der Waals surface area contributed by atoms with Crippen molar-refractivity contribution >= 4 is 0 Å². The van der Waals surface area contributed by atoms with Crippen LogP contribution in [-0.2, 0) is 0 Å². The van der Waals surface area contributed by atoms with E-state index < -0.39 is 0 Å². The summed E-state index contributed by atoms with van der Waals surface area (Å²) in [6.07, 6.45) is 12.6. The fourth-order valence-electron chi connectivity index (χ4n) is 7.80. The molecule has 0 amide bonds. The largest absolute Gasteiger partial charge is 0.0651 e. The van der Waals surface area contributed by atoms with E-state index in [1.54, 1.807) is 44.9 Å². The molecule has 0 saturated heterocycles. The molecular formula is C22H38. The van der Waals surface area contributed by atoms with E-state index in [9.17, 15) is 0 Å². The second-order valence-electron chi connectivity index (χ2n) is 10.2. The molecule has 0 aromatic heterocycles.